The van der Waals surface area contributed by atoms with Crippen molar-refractivity contribution in [2.45, 2.75) is 38.1 Å². The standard InChI is InChI=1S/C19H21N3.C13H11N3/c1-3-9-15(10-4-1)20-19-17-13-7-8-14-18(17)21-22(19)16-11-5-2-6-12-16;14-13-11-8-4-5-9-12(11)15-16(13)10-6-2-1-3-7-10/h2,5-8,11-15,20H,1,3-4,9-10H2;1-9H,14H2. The van der Waals surface area contributed by atoms with Crippen LogP contribution in [0.3, 0.4) is 0 Å². The Kier molecular flexibility index (Phi) is 6.77. The van der Waals surface area contributed by atoms with E-state index in [1.54, 1.807) is 4.68 Å². The van der Waals surface area contributed by atoms with Gasteiger partial charge in [0.25, 0.3) is 0 Å². The average Bonchev–Trinajstić information content (AvgIpc) is 3.53. The molecular formula is C32H32N6. The molecule has 6 nitrogen and oxygen atoms in total. The highest BCUT2D eigenvalue weighted by molar-refractivity contribution is 5.91. The van der Waals surface area contributed by atoms with Gasteiger partial charge in [-0.1, -0.05) is 79.9 Å². The van der Waals surface area contributed by atoms with Crippen LogP contribution in [0.4, 0.5) is 11.6 Å². The van der Waals surface area contributed by atoms with Crippen molar-refractivity contribution in [2.24, 2.45) is 0 Å². The summed E-state index contributed by atoms with van der Waals surface area (Å²) in [7, 11) is 0. The molecule has 1 aliphatic carbocycles. The number of anilines is 2. The zero-order chi connectivity index (χ0) is 25.7. The molecule has 38 heavy (non-hydrogen) atoms. The summed E-state index contributed by atoms with van der Waals surface area (Å²) >= 11 is 0. The second kappa shape index (κ2) is 10.8. The van der Waals surface area contributed by atoms with Crippen LogP contribution in [0.15, 0.2) is 109 Å². The summed E-state index contributed by atoms with van der Waals surface area (Å²) in [5.41, 5.74) is 10.1. The van der Waals surface area contributed by atoms with E-state index in [-0.39, 0.29) is 0 Å². The fourth-order valence-electron chi connectivity index (χ4n) is 5.19. The van der Waals surface area contributed by atoms with Gasteiger partial charge in [0.05, 0.1) is 22.4 Å². The second-order valence-electron chi connectivity index (χ2n) is 9.74. The van der Waals surface area contributed by atoms with Gasteiger partial charge in [-0.2, -0.15) is 10.2 Å². The Hall–Kier alpha value is -4.58. The van der Waals surface area contributed by atoms with Crippen molar-refractivity contribution < 1.29 is 0 Å². The van der Waals surface area contributed by atoms with Gasteiger partial charge in [0.15, 0.2) is 0 Å². The van der Waals surface area contributed by atoms with Gasteiger partial charge in [-0.05, 0) is 61.4 Å². The van der Waals surface area contributed by atoms with Gasteiger partial charge in [0.1, 0.15) is 11.6 Å². The Morgan fingerprint density at radius 3 is 1.71 bits per heavy atom. The molecule has 190 valence electrons. The van der Waals surface area contributed by atoms with Gasteiger partial charge in [0.2, 0.25) is 0 Å². The predicted octanol–water partition coefficient (Wildman–Crippen LogP) is 7.38. The van der Waals surface area contributed by atoms with Crippen LogP contribution in [0.25, 0.3) is 33.2 Å². The van der Waals surface area contributed by atoms with Crippen LogP contribution in [-0.2, 0) is 0 Å². The number of nitrogen functional groups attached to an aromatic ring is 1. The predicted molar refractivity (Wildman–Crippen MR) is 157 cm³/mol. The maximum atomic E-state index is 6.07. The third-order valence-electron chi connectivity index (χ3n) is 7.14. The van der Waals surface area contributed by atoms with E-state index in [1.165, 1.54) is 37.5 Å². The van der Waals surface area contributed by atoms with E-state index >= 15 is 0 Å². The number of rotatable bonds is 4. The Morgan fingerprint density at radius 1 is 0.579 bits per heavy atom. The van der Waals surface area contributed by atoms with Gasteiger partial charge in [-0.25, -0.2) is 9.36 Å². The largest absolute Gasteiger partial charge is 0.383 e. The molecule has 0 aliphatic heterocycles. The van der Waals surface area contributed by atoms with Crippen molar-refractivity contribution >= 4 is 33.4 Å². The van der Waals surface area contributed by atoms with E-state index in [4.69, 9.17) is 10.8 Å². The van der Waals surface area contributed by atoms with Gasteiger partial charge >= 0.3 is 0 Å². The molecule has 0 spiro atoms. The molecule has 2 aromatic heterocycles. The summed E-state index contributed by atoms with van der Waals surface area (Å²) in [5.74, 6) is 1.82. The maximum Gasteiger partial charge on any atom is 0.137 e. The van der Waals surface area contributed by atoms with Crippen LogP contribution in [-0.4, -0.2) is 25.6 Å². The number of para-hydroxylation sites is 2. The Bertz CT molecular complexity index is 1630. The van der Waals surface area contributed by atoms with Crippen LogP contribution in [0.2, 0.25) is 0 Å². The molecule has 0 amide bonds. The SMILES string of the molecule is Nc1c2ccccc2nn1-c1ccccc1.c1ccc(-n2nc3ccccc3c2NC2CCCCC2)cc1. The zero-order valence-corrected chi connectivity index (χ0v) is 21.4. The first-order valence-electron chi connectivity index (χ1n) is 13.4. The third kappa shape index (κ3) is 4.85. The van der Waals surface area contributed by atoms with Crippen LogP contribution < -0.4 is 11.1 Å². The topological polar surface area (TPSA) is 73.7 Å². The molecule has 3 N–H and O–H groups in total. The molecule has 0 radical (unpaired) electrons. The maximum absolute atomic E-state index is 6.07. The van der Waals surface area contributed by atoms with E-state index in [9.17, 15) is 0 Å². The first-order chi connectivity index (χ1) is 18.8. The smallest absolute Gasteiger partial charge is 0.137 e. The molecule has 0 saturated heterocycles. The first kappa shape index (κ1) is 23.8. The van der Waals surface area contributed by atoms with Crippen molar-refractivity contribution in [1.82, 2.24) is 19.6 Å². The Labute approximate surface area is 222 Å². The lowest BCUT2D eigenvalue weighted by Gasteiger charge is -2.24. The van der Waals surface area contributed by atoms with Gasteiger partial charge in [0, 0.05) is 16.8 Å². The number of hydrogen-bond acceptors (Lipinski definition) is 4. The van der Waals surface area contributed by atoms with Gasteiger partial charge in [-0.3, -0.25) is 0 Å². The third-order valence-corrected chi connectivity index (χ3v) is 7.14. The summed E-state index contributed by atoms with van der Waals surface area (Å²) in [6.45, 7) is 0. The molecule has 0 bridgehead atoms. The lowest BCUT2D eigenvalue weighted by atomic mass is 9.95. The fraction of sp³-hybridized carbons (Fsp3) is 0.188. The monoisotopic (exact) mass is 500 g/mol. The average molecular weight is 501 g/mol. The molecule has 1 saturated carbocycles. The minimum Gasteiger partial charge on any atom is -0.383 e. The molecule has 2 heterocycles. The van der Waals surface area contributed by atoms with Crippen LogP contribution in [0.5, 0.6) is 0 Å². The highest BCUT2D eigenvalue weighted by atomic mass is 15.3. The van der Waals surface area contributed by atoms with Crippen molar-refractivity contribution in [3.05, 3.63) is 109 Å². The molecule has 7 rings (SSSR count). The van der Waals surface area contributed by atoms with Crippen molar-refractivity contribution in [1.29, 1.82) is 0 Å². The van der Waals surface area contributed by atoms with Crippen LogP contribution in [0, 0.1) is 0 Å². The molecule has 4 aromatic carbocycles. The molecule has 0 unspecified atom stereocenters. The summed E-state index contributed by atoms with van der Waals surface area (Å²) in [4.78, 5) is 0. The zero-order valence-electron chi connectivity index (χ0n) is 21.4. The van der Waals surface area contributed by atoms with E-state index in [1.807, 2.05) is 60.7 Å². The number of nitrogens with zero attached hydrogens (tertiary/aromatic N) is 4. The van der Waals surface area contributed by atoms with E-state index in [0.29, 0.717) is 11.9 Å². The number of benzene rings is 4. The lowest BCUT2D eigenvalue weighted by molar-refractivity contribution is 0.461. The summed E-state index contributed by atoms with van der Waals surface area (Å²) in [6, 6.07) is 37.1. The fourth-order valence-corrected chi connectivity index (χ4v) is 5.19. The van der Waals surface area contributed by atoms with Crippen LogP contribution >= 0.6 is 0 Å². The van der Waals surface area contributed by atoms with Crippen molar-refractivity contribution in [3.8, 4) is 11.4 Å². The highest BCUT2D eigenvalue weighted by Crippen LogP contribution is 2.30. The van der Waals surface area contributed by atoms with Crippen molar-refractivity contribution in [2.75, 3.05) is 11.1 Å². The summed E-state index contributed by atoms with van der Waals surface area (Å²) in [6.07, 6.45) is 6.55. The molecule has 0 atom stereocenters. The van der Waals surface area contributed by atoms with Crippen LogP contribution in [0.1, 0.15) is 32.1 Å². The number of nitrogens with one attached hydrogen (secondary N) is 1. The molecule has 1 fully saturated rings. The Balaban J connectivity index is 0.000000146. The Morgan fingerprint density at radius 2 is 1.08 bits per heavy atom. The van der Waals surface area contributed by atoms with E-state index < -0.39 is 0 Å². The normalized spacial score (nSPS) is 13.8. The number of fused-ring (bicyclic) bond motifs is 2. The van der Waals surface area contributed by atoms with Gasteiger partial charge < -0.3 is 11.1 Å². The summed E-state index contributed by atoms with van der Waals surface area (Å²) in [5, 5.41) is 15.2. The minimum atomic E-state index is 0.566. The van der Waals surface area contributed by atoms with E-state index in [0.717, 1.165) is 33.6 Å². The number of nitrogens with two attached hydrogens (primary N) is 1. The number of aromatic nitrogens is 4. The quantitative estimate of drug-likeness (QED) is 0.265. The minimum absolute atomic E-state index is 0.566. The molecule has 6 heteroatoms. The highest BCUT2D eigenvalue weighted by Gasteiger charge is 2.18. The summed E-state index contributed by atoms with van der Waals surface area (Å²) < 4.78 is 3.82. The van der Waals surface area contributed by atoms with E-state index in [2.05, 4.69) is 63.6 Å². The molecule has 1 aliphatic rings. The lowest BCUT2D eigenvalue weighted by Crippen LogP contribution is -2.23. The van der Waals surface area contributed by atoms with Gasteiger partial charge in [-0.15, -0.1) is 0 Å². The first-order valence-corrected chi connectivity index (χ1v) is 13.4. The van der Waals surface area contributed by atoms with Crippen molar-refractivity contribution in [3.63, 3.8) is 0 Å². The molecular weight excluding hydrogens is 468 g/mol. The molecule has 6 aromatic rings. The second-order valence-corrected chi connectivity index (χ2v) is 9.74. The number of hydrogen-bond donors (Lipinski definition) is 2.